The Balaban J connectivity index is 1.92. The molecule has 3 nitrogen and oxygen atoms in total. The number of aliphatic hydroxyl groups is 1. The predicted octanol–water partition coefficient (Wildman–Crippen LogP) is 2.57. The van der Waals surface area contributed by atoms with Crippen molar-refractivity contribution < 1.29 is 5.11 Å². The van der Waals surface area contributed by atoms with Gasteiger partial charge < -0.3 is 9.67 Å². The quantitative estimate of drug-likeness (QED) is 0.895. The molecule has 1 aromatic carbocycles. The Morgan fingerprint density at radius 2 is 2.11 bits per heavy atom. The molecular weight excluding hydrogens is 236 g/mol. The summed E-state index contributed by atoms with van der Waals surface area (Å²) in [6, 6.07) is 6.40. The lowest BCUT2D eigenvalue weighted by atomic mass is 9.98. The minimum Gasteiger partial charge on any atom is -0.393 e. The minimum absolute atomic E-state index is 0.308. The molecule has 0 saturated carbocycles. The van der Waals surface area contributed by atoms with Crippen LogP contribution in [-0.4, -0.2) is 20.8 Å². The molecule has 0 aliphatic carbocycles. The smallest absolute Gasteiger partial charge is 0.108 e. The highest BCUT2D eigenvalue weighted by atomic mass is 16.3. The molecule has 0 fully saturated rings. The Labute approximate surface area is 114 Å². The largest absolute Gasteiger partial charge is 0.393 e. The molecule has 0 amide bonds. The van der Waals surface area contributed by atoms with Crippen LogP contribution >= 0.6 is 0 Å². The van der Waals surface area contributed by atoms with E-state index in [0.29, 0.717) is 0 Å². The molecule has 0 radical (unpaired) electrons. The fourth-order valence-corrected chi connectivity index (χ4v) is 2.31. The fraction of sp³-hybridized carbons (Fsp3) is 0.438. The van der Waals surface area contributed by atoms with Gasteiger partial charge in [0, 0.05) is 25.9 Å². The molecule has 19 heavy (non-hydrogen) atoms. The first-order valence-electron chi connectivity index (χ1n) is 6.76. The van der Waals surface area contributed by atoms with Gasteiger partial charge in [-0.25, -0.2) is 4.98 Å². The van der Waals surface area contributed by atoms with Gasteiger partial charge in [-0.05, 0) is 37.8 Å². The maximum Gasteiger partial charge on any atom is 0.108 e. The minimum atomic E-state index is -0.308. The molecule has 1 unspecified atom stereocenters. The topological polar surface area (TPSA) is 38.1 Å². The number of imidazole rings is 1. The monoisotopic (exact) mass is 258 g/mol. The molecule has 0 bridgehead atoms. The number of benzene rings is 1. The first-order valence-corrected chi connectivity index (χ1v) is 6.76. The highest BCUT2D eigenvalue weighted by molar-refractivity contribution is 5.30. The van der Waals surface area contributed by atoms with E-state index in [1.807, 2.05) is 17.8 Å². The summed E-state index contributed by atoms with van der Waals surface area (Å²) < 4.78 is 2.00. The van der Waals surface area contributed by atoms with Crippen LogP contribution in [0.25, 0.3) is 0 Å². The maximum absolute atomic E-state index is 10.2. The van der Waals surface area contributed by atoms with E-state index in [2.05, 4.69) is 37.0 Å². The highest BCUT2D eigenvalue weighted by Gasteiger charge is 2.09. The van der Waals surface area contributed by atoms with Crippen molar-refractivity contribution in [2.75, 3.05) is 0 Å². The van der Waals surface area contributed by atoms with Gasteiger partial charge in [0.15, 0.2) is 0 Å². The van der Waals surface area contributed by atoms with Crippen molar-refractivity contribution in [3.63, 3.8) is 0 Å². The van der Waals surface area contributed by atoms with Crippen molar-refractivity contribution in [3.8, 4) is 0 Å². The summed E-state index contributed by atoms with van der Waals surface area (Å²) in [5, 5.41) is 10.2. The molecule has 0 aliphatic rings. The van der Waals surface area contributed by atoms with Crippen LogP contribution in [0.2, 0.25) is 0 Å². The maximum atomic E-state index is 10.2. The van der Waals surface area contributed by atoms with E-state index in [1.54, 1.807) is 6.20 Å². The van der Waals surface area contributed by atoms with Gasteiger partial charge in [0.2, 0.25) is 0 Å². The van der Waals surface area contributed by atoms with Crippen LogP contribution < -0.4 is 0 Å². The molecule has 102 valence electrons. The zero-order valence-corrected chi connectivity index (χ0v) is 11.9. The van der Waals surface area contributed by atoms with Crippen LogP contribution in [0.5, 0.6) is 0 Å². The van der Waals surface area contributed by atoms with Gasteiger partial charge in [0.1, 0.15) is 5.82 Å². The first-order chi connectivity index (χ1) is 9.06. The van der Waals surface area contributed by atoms with Gasteiger partial charge in [-0.1, -0.05) is 23.8 Å². The van der Waals surface area contributed by atoms with Gasteiger partial charge in [0.05, 0.1) is 6.10 Å². The lowest BCUT2D eigenvalue weighted by Crippen LogP contribution is -2.14. The van der Waals surface area contributed by atoms with E-state index in [-0.39, 0.29) is 6.10 Å². The molecule has 0 aliphatic heterocycles. The standard InChI is InChI=1S/C16H22N2O/c1-12-4-5-13(2)14(10-12)11-15(19)6-7-16-17-8-9-18(16)3/h4-5,8-10,15,19H,6-7,11H2,1-3H3. The molecule has 1 aromatic heterocycles. The molecule has 3 heteroatoms. The lowest BCUT2D eigenvalue weighted by Gasteiger charge is -2.13. The van der Waals surface area contributed by atoms with Crippen LogP contribution in [0.15, 0.2) is 30.6 Å². The zero-order valence-electron chi connectivity index (χ0n) is 11.9. The van der Waals surface area contributed by atoms with E-state index in [9.17, 15) is 5.11 Å². The van der Waals surface area contributed by atoms with Crippen molar-refractivity contribution in [1.82, 2.24) is 9.55 Å². The molecule has 1 N–H and O–H groups in total. The lowest BCUT2D eigenvalue weighted by molar-refractivity contribution is 0.164. The Bertz CT molecular complexity index is 545. The SMILES string of the molecule is Cc1ccc(C)c(CC(O)CCc2nccn2C)c1. The second kappa shape index (κ2) is 6.02. The molecule has 2 rings (SSSR count). The summed E-state index contributed by atoms with van der Waals surface area (Å²) in [5.74, 6) is 1.03. The highest BCUT2D eigenvalue weighted by Crippen LogP contribution is 2.15. The number of nitrogens with zero attached hydrogens (tertiary/aromatic N) is 2. The van der Waals surface area contributed by atoms with Crippen molar-refractivity contribution in [1.29, 1.82) is 0 Å². The molecule has 0 spiro atoms. The van der Waals surface area contributed by atoms with Crippen molar-refractivity contribution in [2.24, 2.45) is 7.05 Å². The van der Waals surface area contributed by atoms with Crippen LogP contribution in [0.1, 0.15) is 28.9 Å². The molecule has 0 saturated heterocycles. The third-order valence-corrected chi connectivity index (χ3v) is 3.58. The van der Waals surface area contributed by atoms with Gasteiger partial charge >= 0.3 is 0 Å². The number of aliphatic hydroxyl groups excluding tert-OH is 1. The third kappa shape index (κ3) is 3.67. The average molecular weight is 258 g/mol. The van der Waals surface area contributed by atoms with Gasteiger partial charge in [-0.2, -0.15) is 0 Å². The molecular formula is C16H22N2O. The summed E-state index contributed by atoms with van der Waals surface area (Å²) in [4.78, 5) is 4.28. The van der Waals surface area contributed by atoms with Gasteiger partial charge in [0.25, 0.3) is 0 Å². The van der Waals surface area contributed by atoms with Crippen LogP contribution in [0, 0.1) is 13.8 Å². The first kappa shape index (κ1) is 13.8. The van der Waals surface area contributed by atoms with E-state index >= 15 is 0 Å². The van der Waals surface area contributed by atoms with Gasteiger partial charge in [-0.3, -0.25) is 0 Å². The third-order valence-electron chi connectivity index (χ3n) is 3.58. The molecule has 1 atom stereocenters. The average Bonchev–Trinajstić information content (AvgIpc) is 2.77. The zero-order chi connectivity index (χ0) is 13.8. The summed E-state index contributed by atoms with van der Waals surface area (Å²) in [6.07, 6.45) is 5.71. The second-order valence-corrected chi connectivity index (χ2v) is 5.28. The molecule has 1 heterocycles. The van der Waals surface area contributed by atoms with Crippen molar-refractivity contribution in [2.45, 2.75) is 39.2 Å². The van der Waals surface area contributed by atoms with E-state index in [4.69, 9.17) is 0 Å². The van der Waals surface area contributed by atoms with Crippen molar-refractivity contribution in [3.05, 3.63) is 53.1 Å². The van der Waals surface area contributed by atoms with E-state index < -0.39 is 0 Å². The van der Waals surface area contributed by atoms with Crippen LogP contribution in [0.3, 0.4) is 0 Å². The Kier molecular flexibility index (Phi) is 4.38. The number of aryl methyl sites for hydroxylation is 4. The summed E-state index contributed by atoms with van der Waals surface area (Å²) in [6.45, 7) is 4.18. The van der Waals surface area contributed by atoms with Crippen molar-refractivity contribution >= 4 is 0 Å². The summed E-state index contributed by atoms with van der Waals surface area (Å²) in [5.41, 5.74) is 3.74. The van der Waals surface area contributed by atoms with E-state index in [0.717, 1.165) is 25.1 Å². The predicted molar refractivity (Wildman–Crippen MR) is 77.2 cm³/mol. The Hall–Kier alpha value is -1.61. The second-order valence-electron chi connectivity index (χ2n) is 5.28. The summed E-state index contributed by atoms with van der Waals surface area (Å²) in [7, 11) is 1.99. The number of aromatic nitrogens is 2. The Morgan fingerprint density at radius 3 is 2.79 bits per heavy atom. The number of rotatable bonds is 5. The van der Waals surface area contributed by atoms with Crippen LogP contribution in [-0.2, 0) is 19.9 Å². The molecule has 2 aromatic rings. The summed E-state index contributed by atoms with van der Waals surface area (Å²) >= 11 is 0. The van der Waals surface area contributed by atoms with Gasteiger partial charge in [-0.15, -0.1) is 0 Å². The Morgan fingerprint density at radius 1 is 1.32 bits per heavy atom. The van der Waals surface area contributed by atoms with E-state index in [1.165, 1.54) is 16.7 Å². The normalized spacial score (nSPS) is 12.6. The number of hydrogen-bond acceptors (Lipinski definition) is 2. The van der Waals surface area contributed by atoms with Crippen LogP contribution in [0.4, 0.5) is 0 Å². The fourth-order valence-electron chi connectivity index (χ4n) is 2.31. The number of hydrogen-bond donors (Lipinski definition) is 1.